The van der Waals surface area contributed by atoms with Gasteiger partial charge in [0.25, 0.3) is 0 Å². The van der Waals surface area contributed by atoms with E-state index in [0.717, 1.165) is 66.1 Å². The second kappa shape index (κ2) is 13.6. The zero-order valence-electron chi connectivity index (χ0n) is 37.3. The van der Waals surface area contributed by atoms with Gasteiger partial charge in [-0.1, -0.05) is 170 Å². The minimum atomic E-state index is -0.490. The Hall–Kier alpha value is -7.69. The molecule has 266 valence electrons. The Bertz CT molecular complexity index is 3700. The number of nitrogens with zero attached hydrogens (tertiary/aromatic N) is 3. The summed E-state index contributed by atoms with van der Waals surface area (Å²) in [5.41, 5.74) is 8.87. The highest BCUT2D eigenvalue weighted by Crippen LogP contribution is 2.38. The summed E-state index contributed by atoms with van der Waals surface area (Å²) in [6, 6.07) is 49.3. The highest BCUT2D eigenvalue weighted by atomic mass is 16.3. The van der Waals surface area contributed by atoms with E-state index in [0.29, 0.717) is 28.6 Å². The highest BCUT2D eigenvalue weighted by molar-refractivity contribution is 6.13. The lowest BCUT2D eigenvalue weighted by molar-refractivity contribution is 0.669. The Balaban J connectivity index is 0.969. The van der Waals surface area contributed by atoms with Gasteiger partial charge in [0.2, 0.25) is 0 Å². The Morgan fingerprint density at radius 3 is 1.77 bits per heavy atom. The second-order valence-corrected chi connectivity index (χ2v) is 13.9. The minimum absolute atomic E-state index is 0.0340. The van der Waals surface area contributed by atoms with Crippen molar-refractivity contribution in [2.24, 2.45) is 0 Å². The van der Waals surface area contributed by atoms with Crippen LogP contribution in [-0.4, -0.2) is 15.0 Å². The molecule has 0 fully saturated rings. The van der Waals surface area contributed by atoms with Crippen molar-refractivity contribution in [3.8, 4) is 67.5 Å². The van der Waals surface area contributed by atoms with Crippen LogP contribution in [0.5, 0.6) is 0 Å². The molecule has 0 radical (unpaired) electrons. The molecule has 2 aromatic heterocycles. The van der Waals surface area contributed by atoms with Crippen molar-refractivity contribution in [3.63, 3.8) is 0 Å². The largest absolute Gasteiger partial charge is 0.456 e. The lowest BCUT2D eigenvalue weighted by Crippen LogP contribution is -2.00. The van der Waals surface area contributed by atoms with Gasteiger partial charge in [-0.15, -0.1) is 0 Å². The number of para-hydroxylation sites is 1. The standard InChI is InChI=1S/C53H33N3O/c1-2-12-36(13-3-1)51-54-52(37-25-23-35(24-26-37)45-19-9-14-34-11-4-5-17-44(34)45)56-53(55-51)43-16-8-15-38(33-43)39-27-28-41-32-42(30-29-40(41)31-39)46-20-10-22-49-50(46)47-18-6-7-21-48(47)57-49/h1-33H/i4D,5D,9D,11D,14D,17D,19D. The first-order chi connectivity index (χ1) is 31.1. The van der Waals surface area contributed by atoms with E-state index in [4.69, 9.17) is 29.0 Å². The molecule has 0 amide bonds. The quantitative estimate of drug-likeness (QED) is 0.171. The van der Waals surface area contributed by atoms with Gasteiger partial charge in [-0.2, -0.15) is 0 Å². The third-order valence-corrected chi connectivity index (χ3v) is 10.4. The van der Waals surface area contributed by atoms with E-state index < -0.39 is 30.2 Å². The smallest absolute Gasteiger partial charge is 0.164 e. The summed E-state index contributed by atoms with van der Waals surface area (Å²) >= 11 is 0. The fourth-order valence-electron chi connectivity index (χ4n) is 7.61. The number of rotatable bonds is 6. The van der Waals surface area contributed by atoms with E-state index in [2.05, 4.69) is 60.7 Å². The number of fused-ring (bicyclic) bond motifs is 5. The summed E-state index contributed by atoms with van der Waals surface area (Å²) in [6.07, 6.45) is 0. The maximum atomic E-state index is 8.82. The molecule has 9 aromatic carbocycles. The predicted molar refractivity (Wildman–Crippen MR) is 235 cm³/mol. The normalized spacial score (nSPS) is 13.2. The predicted octanol–water partition coefficient (Wildman–Crippen LogP) is 14.1. The van der Waals surface area contributed by atoms with Crippen molar-refractivity contribution in [3.05, 3.63) is 200 Å². The van der Waals surface area contributed by atoms with Gasteiger partial charge in [-0.25, -0.2) is 15.0 Å². The average molecular weight is 735 g/mol. The molecule has 0 aliphatic carbocycles. The Morgan fingerprint density at radius 1 is 0.351 bits per heavy atom. The minimum Gasteiger partial charge on any atom is -0.456 e. The molecular formula is C53H33N3O. The van der Waals surface area contributed by atoms with Gasteiger partial charge in [0, 0.05) is 27.5 Å². The van der Waals surface area contributed by atoms with E-state index in [1.54, 1.807) is 24.3 Å². The van der Waals surface area contributed by atoms with Crippen LogP contribution in [0.15, 0.2) is 204 Å². The molecule has 11 aromatic rings. The molecular weight excluding hydrogens is 695 g/mol. The molecule has 0 bridgehead atoms. The molecule has 0 aliphatic rings. The Kier molecular flexibility index (Phi) is 6.22. The van der Waals surface area contributed by atoms with Gasteiger partial charge < -0.3 is 4.42 Å². The van der Waals surface area contributed by atoms with Crippen molar-refractivity contribution in [2.75, 3.05) is 0 Å². The Morgan fingerprint density at radius 2 is 0.930 bits per heavy atom. The highest BCUT2D eigenvalue weighted by Gasteiger charge is 2.15. The lowest BCUT2D eigenvalue weighted by Gasteiger charge is -2.11. The van der Waals surface area contributed by atoms with Crippen molar-refractivity contribution in [1.29, 1.82) is 0 Å². The molecule has 4 heteroatoms. The van der Waals surface area contributed by atoms with Crippen LogP contribution in [-0.2, 0) is 0 Å². The maximum Gasteiger partial charge on any atom is 0.164 e. The van der Waals surface area contributed by atoms with Crippen LogP contribution in [0.1, 0.15) is 9.60 Å². The molecule has 0 N–H and O–H groups in total. The van der Waals surface area contributed by atoms with Crippen LogP contribution in [0, 0.1) is 0 Å². The average Bonchev–Trinajstić information content (AvgIpc) is 3.73. The number of hydrogen-bond acceptors (Lipinski definition) is 4. The number of hydrogen-bond donors (Lipinski definition) is 0. The zero-order valence-corrected chi connectivity index (χ0v) is 30.3. The van der Waals surface area contributed by atoms with Crippen molar-refractivity contribution < 1.29 is 14.0 Å². The van der Waals surface area contributed by atoms with Crippen molar-refractivity contribution in [2.45, 2.75) is 0 Å². The van der Waals surface area contributed by atoms with Crippen LogP contribution < -0.4 is 0 Å². The van der Waals surface area contributed by atoms with E-state index in [-0.39, 0.29) is 28.4 Å². The van der Waals surface area contributed by atoms with E-state index >= 15 is 0 Å². The fourth-order valence-corrected chi connectivity index (χ4v) is 7.61. The van der Waals surface area contributed by atoms with Gasteiger partial charge in [-0.05, 0) is 85.3 Å². The third kappa shape index (κ3) is 5.92. The van der Waals surface area contributed by atoms with Crippen LogP contribution in [0.25, 0.3) is 111 Å². The molecule has 0 spiro atoms. The molecule has 4 nitrogen and oxygen atoms in total. The van der Waals surface area contributed by atoms with Gasteiger partial charge in [-0.3, -0.25) is 0 Å². The molecule has 0 atom stereocenters. The molecule has 0 aliphatic heterocycles. The molecule has 0 unspecified atom stereocenters. The monoisotopic (exact) mass is 734 g/mol. The first-order valence-corrected chi connectivity index (χ1v) is 18.6. The molecule has 11 rings (SSSR count). The van der Waals surface area contributed by atoms with Gasteiger partial charge in [0.1, 0.15) is 11.2 Å². The molecule has 57 heavy (non-hydrogen) atoms. The third-order valence-electron chi connectivity index (χ3n) is 10.4. The first kappa shape index (κ1) is 26.2. The maximum absolute atomic E-state index is 8.82. The van der Waals surface area contributed by atoms with Crippen LogP contribution in [0.3, 0.4) is 0 Å². The van der Waals surface area contributed by atoms with Crippen LogP contribution in [0.4, 0.5) is 0 Å². The summed E-state index contributed by atoms with van der Waals surface area (Å²) in [5, 5.41) is 4.37. The summed E-state index contributed by atoms with van der Waals surface area (Å²) in [4.78, 5) is 14.8. The number of aromatic nitrogens is 3. The van der Waals surface area contributed by atoms with Crippen molar-refractivity contribution in [1.82, 2.24) is 15.0 Å². The summed E-state index contributed by atoms with van der Waals surface area (Å²) in [5.74, 6) is 1.36. The van der Waals surface area contributed by atoms with Gasteiger partial charge >= 0.3 is 0 Å². The lowest BCUT2D eigenvalue weighted by atomic mass is 9.95. The first-order valence-electron chi connectivity index (χ1n) is 22.1. The fraction of sp³-hybridized carbons (Fsp3) is 0. The molecule has 0 saturated heterocycles. The summed E-state index contributed by atoms with van der Waals surface area (Å²) < 4.78 is 65.7. The second-order valence-electron chi connectivity index (χ2n) is 13.9. The zero-order chi connectivity index (χ0) is 43.8. The topological polar surface area (TPSA) is 51.8 Å². The van der Waals surface area contributed by atoms with E-state index in [1.807, 2.05) is 72.8 Å². The Labute approximate surface area is 339 Å². The number of furan rings is 1. The SMILES string of the molecule is [2H]c1c([2H])c([2H])c2c(-c3ccc(-c4nc(-c5ccccc5)nc(-c5cccc(-c6ccc7cc(-c8cccc9oc%10ccccc%10c89)ccc7c6)c5)n4)cc3)c([2H])c([2H])c([2H])c2c1[2H]. The molecule has 0 saturated carbocycles. The van der Waals surface area contributed by atoms with E-state index in [1.165, 1.54) is 0 Å². The van der Waals surface area contributed by atoms with Crippen molar-refractivity contribution >= 4 is 43.5 Å². The van der Waals surface area contributed by atoms with E-state index in [9.17, 15) is 0 Å². The molecule has 2 heterocycles. The van der Waals surface area contributed by atoms with Crippen LogP contribution in [0.2, 0.25) is 0 Å². The number of benzene rings is 9. The van der Waals surface area contributed by atoms with Gasteiger partial charge in [0.05, 0.1) is 9.60 Å². The van der Waals surface area contributed by atoms with Gasteiger partial charge in [0.15, 0.2) is 17.5 Å². The summed E-state index contributed by atoms with van der Waals surface area (Å²) in [7, 11) is 0. The van der Waals surface area contributed by atoms with Crippen LogP contribution >= 0.6 is 0 Å². The summed E-state index contributed by atoms with van der Waals surface area (Å²) in [6.45, 7) is 0.